The summed E-state index contributed by atoms with van der Waals surface area (Å²) in [5, 5.41) is 3.42. The molecule has 0 aliphatic carbocycles. The normalized spacial score (nSPS) is 11.3. The number of rotatable bonds is 8. The summed E-state index contributed by atoms with van der Waals surface area (Å²) in [4.78, 5) is 11.8. The van der Waals surface area contributed by atoms with E-state index in [-0.39, 0.29) is 11.5 Å². The van der Waals surface area contributed by atoms with Crippen molar-refractivity contribution in [2.75, 3.05) is 13.2 Å². The highest BCUT2D eigenvalue weighted by Crippen LogP contribution is 2.07. The smallest absolute Gasteiger partial charge is 0.338 e. The zero-order valence-electron chi connectivity index (χ0n) is 12.2. The average Bonchev–Trinajstić information content (AvgIpc) is 2.42. The zero-order chi connectivity index (χ0) is 14.1. The van der Waals surface area contributed by atoms with Crippen LogP contribution < -0.4 is 5.32 Å². The molecule has 0 bridgehead atoms. The maximum Gasteiger partial charge on any atom is 0.338 e. The molecule has 0 heterocycles. The molecule has 0 atom stereocenters. The van der Waals surface area contributed by atoms with Crippen molar-refractivity contribution in [1.29, 1.82) is 0 Å². The fourth-order valence-corrected chi connectivity index (χ4v) is 1.76. The maximum absolute atomic E-state index is 11.8. The second-order valence-electron chi connectivity index (χ2n) is 5.46. The minimum atomic E-state index is -0.260. The summed E-state index contributed by atoms with van der Waals surface area (Å²) in [6.45, 7) is 7.64. The number of carbonyl (C=O) groups excluding carboxylic acids is 1. The van der Waals surface area contributed by atoms with Gasteiger partial charge in [0.05, 0.1) is 5.56 Å². The molecule has 0 amide bonds. The van der Waals surface area contributed by atoms with E-state index in [1.54, 1.807) is 12.1 Å². The van der Waals surface area contributed by atoms with Crippen LogP contribution in [0.4, 0.5) is 0 Å². The topological polar surface area (TPSA) is 38.3 Å². The minimum Gasteiger partial charge on any atom is -0.460 e. The molecule has 1 aromatic rings. The fourth-order valence-electron chi connectivity index (χ4n) is 1.76. The van der Waals surface area contributed by atoms with E-state index in [9.17, 15) is 4.79 Å². The van der Waals surface area contributed by atoms with Gasteiger partial charge in [-0.3, -0.25) is 0 Å². The first-order valence-corrected chi connectivity index (χ1v) is 7.02. The predicted octanol–water partition coefficient (Wildman–Crippen LogP) is 3.40. The molecular weight excluding hydrogens is 238 g/mol. The van der Waals surface area contributed by atoms with Gasteiger partial charge in [-0.1, -0.05) is 38.0 Å². The number of carbonyl (C=O) groups is 1. The largest absolute Gasteiger partial charge is 0.460 e. The molecule has 1 rings (SSSR count). The Labute approximate surface area is 116 Å². The van der Waals surface area contributed by atoms with Crippen molar-refractivity contribution in [2.45, 2.75) is 45.6 Å². The van der Waals surface area contributed by atoms with Crippen LogP contribution in [0, 0.1) is 0 Å². The molecule has 0 radical (unpaired) electrons. The number of unbranched alkanes of at least 4 members (excludes halogenated alkanes) is 2. The zero-order valence-corrected chi connectivity index (χ0v) is 12.2. The lowest BCUT2D eigenvalue weighted by Crippen LogP contribution is -2.44. The third-order valence-corrected chi connectivity index (χ3v) is 2.96. The van der Waals surface area contributed by atoms with E-state index in [1.807, 2.05) is 18.2 Å². The van der Waals surface area contributed by atoms with E-state index in [4.69, 9.17) is 4.74 Å². The van der Waals surface area contributed by atoms with Gasteiger partial charge in [-0.2, -0.15) is 0 Å². The number of hydrogen-bond donors (Lipinski definition) is 1. The van der Waals surface area contributed by atoms with Gasteiger partial charge in [-0.15, -0.1) is 0 Å². The molecule has 1 aromatic carbocycles. The van der Waals surface area contributed by atoms with Crippen molar-refractivity contribution in [1.82, 2.24) is 5.32 Å². The molecule has 0 fully saturated rings. The molecule has 3 nitrogen and oxygen atoms in total. The molecule has 19 heavy (non-hydrogen) atoms. The lowest BCUT2D eigenvalue weighted by Gasteiger charge is -2.26. The maximum atomic E-state index is 11.8. The first-order chi connectivity index (χ1) is 9.05. The van der Waals surface area contributed by atoms with Crippen LogP contribution in [0.3, 0.4) is 0 Å². The molecule has 0 saturated carbocycles. The Bertz CT molecular complexity index is 374. The van der Waals surface area contributed by atoms with Crippen LogP contribution in [-0.2, 0) is 4.74 Å². The Morgan fingerprint density at radius 3 is 2.53 bits per heavy atom. The van der Waals surface area contributed by atoms with Crippen molar-refractivity contribution in [3.05, 3.63) is 35.9 Å². The first-order valence-electron chi connectivity index (χ1n) is 7.02. The first kappa shape index (κ1) is 15.7. The van der Waals surface area contributed by atoms with Gasteiger partial charge < -0.3 is 10.1 Å². The summed E-state index contributed by atoms with van der Waals surface area (Å²) < 4.78 is 5.35. The summed E-state index contributed by atoms with van der Waals surface area (Å²) in [7, 11) is 0. The molecule has 1 N–H and O–H groups in total. The Morgan fingerprint density at radius 2 is 1.89 bits per heavy atom. The van der Waals surface area contributed by atoms with Gasteiger partial charge in [-0.05, 0) is 38.9 Å². The van der Waals surface area contributed by atoms with E-state index in [0.717, 1.165) is 13.0 Å². The summed E-state index contributed by atoms with van der Waals surface area (Å²) in [6, 6.07) is 9.10. The van der Waals surface area contributed by atoms with Crippen LogP contribution in [0.15, 0.2) is 30.3 Å². The van der Waals surface area contributed by atoms with Crippen LogP contribution >= 0.6 is 0 Å². The van der Waals surface area contributed by atoms with Gasteiger partial charge in [0.25, 0.3) is 0 Å². The average molecular weight is 263 g/mol. The van der Waals surface area contributed by atoms with Crippen LogP contribution in [0.25, 0.3) is 0 Å². The Balaban J connectivity index is 2.32. The molecule has 0 aromatic heterocycles. The van der Waals surface area contributed by atoms with E-state index in [2.05, 4.69) is 26.1 Å². The van der Waals surface area contributed by atoms with Crippen molar-refractivity contribution < 1.29 is 9.53 Å². The predicted molar refractivity (Wildman–Crippen MR) is 78.3 cm³/mol. The molecule has 106 valence electrons. The second-order valence-corrected chi connectivity index (χ2v) is 5.46. The molecule has 3 heteroatoms. The standard InChI is InChI=1S/C16H25NO2/c1-4-5-9-12-17-16(2,3)13-19-15(18)14-10-7-6-8-11-14/h6-8,10-11,17H,4-5,9,12-13H2,1-3H3. The van der Waals surface area contributed by atoms with E-state index < -0.39 is 0 Å². The number of ether oxygens (including phenoxy) is 1. The van der Waals surface area contributed by atoms with Crippen molar-refractivity contribution in [3.63, 3.8) is 0 Å². The van der Waals surface area contributed by atoms with Crippen molar-refractivity contribution in [2.24, 2.45) is 0 Å². The van der Waals surface area contributed by atoms with Gasteiger partial charge in [0.2, 0.25) is 0 Å². The Morgan fingerprint density at radius 1 is 1.21 bits per heavy atom. The molecular formula is C16H25NO2. The Kier molecular flexibility index (Phi) is 6.57. The lowest BCUT2D eigenvalue weighted by atomic mass is 10.1. The van der Waals surface area contributed by atoms with E-state index >= 15 is 0 Å². The van der Waals surface area contributed by atoms with Gasteiger partial charge in [0.15, 0.2) is 0 Å². The highest BCUT2D eigenvalue weighted by Gasteiger charge is 2.19. The van der Waals surface area contributed by atoms with Gasteiger partial charge in [0, 0.05) is 5.54 Å². The van der Waals surface area contributed by atoms with E-state index in [0.29, 0.717) is 12.2 Å². The SMILES string of the molecule is CCCCCNC(C)(C)COC(=O)c1ccccc1. The fraction of sp³-hybridized carbons (Fsp3) is 0.562. The number of hydrogen-bond acceptors (Lipinski definition) is 3. The summed E-state index contributed by atoms with van der Waals surface area (Å²) in [5.41, 5.74) is 0.419. The Hall–Kier alpha value is -1.35. The monoisotopic (exact) mass is 263 g/mol. The second kappa shape index (κ2) is 7.95. The van der Waals surface area contributed by atoms with Crippen LogP contribution in [0.5, 0.6) is 0 Å². The third-order valence-electron chi connectivity index (χ3n) is 2.96. The highest BCUT2D eigenvalue weighted by atomic mass is 16.5. The molecule has 0 unspecified atom stereocenters. The summed E-state index contributed by atoms with van der Waals surface area (Å²) in [6.07, 6.45) is 3.60. The summed E-state index contributed by atoms with van der Waals surface area (Å²) >= 11 is 0. The number of benzene rings is 1. The highest BCUT2D eigenvalue weighted by molar-refractivity contribution is 5.89. The third kappa shape index (κ3) is 6.39. The molecule has 0 aliphatic rings. The van der Waals surface area contributed by atoms with Crippen LogP contribution in [-0.4, -0.2) is 24.7 Å². The lowest BCUT2D eigenvalue weighted by molar-refractivity contribution is 0.0400. The van der Waals surface area contributed by atoms with Gasteiger partial charge >= 0.3 is 5.97 Å². The minimum absolute atomic E-state index is 0.182. The number of esters is 1. The van der Waals surface area contributed by atoms with Crippen LogP contribution in [0.2, 0.25) is 0 Å². The summed E-state index contributed by atoms with van der Waals surface area (Å²) in [5.74, 6) is -0.260. The molecule has 0 spiro atoms. The van der Waals surface area contributed by atoms with Gasteiger partial charge in [0.1, 0.15) is 6.61 Å². The van der Waals surface area contributed by atoms with E-state index in [1.165, 1.54) is 12.8 Å². The van der Waals surface area contributed by atoms with Crippen molar-refractivity contribution >= 4 is 5.97 Å². The molecule has 0 aliphatic heterocycles. The number of nitrogens with one attached hydrogen (secondary N) is 1. The molecule has 0 saturated heterocycles. The quantitative estimate of drug-likeness (QED) is 0.577. The van der Waals surface area contributed by atoms with Crippen LogP contribution in [0.1, 0.15) is 50.4 Å². The van der Waals surface area contributed by atoms with Gasteiger partial charge in [-0.25, -0.2) is 4.79 Å². The van der Waals surface area contributed by atoms with Crippen molar-refractivity contribution in [3.8, 4) is 0 Å².